The van der Waals surface area contributed by atoms with Crippen LogP contribution in [-0.4, -0.2) is 29.8 Å². The minimum absolute atomic E-state index is 0.110. The summed E-state index contributed by atoms with van der Waals surface area (Å²) in [6.45, 7) is 5.71. The molecule has 0 aliphatic rings. The first-order chi connectivity index (χ1) is 12.0. The van der Waals surface area contributed by atoms with Gasteiger partial charge in [0.2, 0.25) is 0 Å². The SMILES string of the molecule is [3H]c1ccc(OCc2c(C=C)ncnc2-n2nnn(C)c2=O)c(C)c1. The van der Waals surface area contributed by atoms with Crippen LogP contribution in [0.3, 0.4) is 0 Å². The number of rotatable bonds is 5. The summed E-state index contributed by atoms with van der Waals surface area (Å²) in [6.07, 6.45) is 2.89. The van der Waals surface area contributed by atoms with Crippen LogP contribution in [0.4, 0.5) is 0 Å². The van der Waals surface area contributed by atoms with Gasteiger partial charge >= 0.3 is 5.69 Å². The highest BCUT2D eigenvalue weighted by Crippen LogP contribution is 2.21. The Kier molecular flexibility index (Phi) is 3.85. The Bertz CT molecular complexity index is 995. The first kappa shape index (κ1) is 14.3. The third kappa shape index (κ3) is 2.81. The van der Waals surface area contributed by atoms with Gasteiger partial charge in [-0.25, -0.2) is 14.8 Å². The summed E-state index contributed by atoms with van der Waals surface area (Å²) in [5, 5.41) is 7.52. The second kappa shape index (κ2) is 6.45. The highest BCUT2D eigenvalue weighted by Gasteiger charge is 2.16. The standard InChI is InChI=1S/C16H16N6O2/c1-4-13-12(9-24-14-8-6-5-7-11(14)2)15(18-10-17-13)22-16(23)21(3)19-20-22/h4-8,10H,1,9H2,2-3H3/i5T. The van der Waals surface area contributed by atoms with Gasteiger partial charge in [0.15, 0.2) is 5.82 Å². The van der Waals surface area contributed by atoms with Crippen LogP contribution in [-0.2, 0) is 13.7 Å². The fourth-order valence-electron chi connectivity index (χ4n) is 2.17. The van der Waals surface area contributed by atoms with Gasteiger partial charge in [0, 0.05) is 7.05 Å². The van der Waals surface area contributed by atoms with Gasteiger partial charge in [-0.3, -0.25) is 0 Å². The minimum atomic E-state index is -0.426. The Morgan fingerprint density at radius 1 is 1.38 bits per heavy atom. The van der Waals surface area contributed by atoms with E-state index in [9.17, 15) is 4.79 Å². The molecule has 2 aromatic heterocycles. The molecule has 0 saturated heterocycles. The van der Waals surface area contributed by atoms with Gasteiger partial charge in [-0.1, -0.05) is 24.8 Å². The maximum atomic E-state index is 12.1. The van der Waals surface area contributed by atoms with Gasteiger partial charge in [0.05, 0.1) is 12.6 Å². The molecule has 0 fully saturated rings. The first-order valence-corrected chi connectivity index (χ1v) is 7.17. The van der Waals surface area contributed by atoms with Gasteiger partial charge in [0.25, 0.3) is 0 Å². The molecule has 0 spiro atoms. The highest BCUT2D eigenvalue weighted by atomic mass is 16.5. The molecule has 0 aliphatic heterocycles. The van der Waals surface area contributed by atoms with Gasteiger partial charge in [-0.15, -0.1) is 4.68 Å². The Morgan fingerprint density at radius 3 is 2.88 bits per heavy atom. The molecule has 3 aromatic rings. The summed E-state index contributed by atoms with van der Waals surface area (Å²) in [5.41, 5.74) is 1.51. The van der Waals surface area contributed by atoms with Crippen molar-refractivity contribution < 1.29 is 6.11 Å². The quantitative estimate of drug-likeness (QED) is 0.702. The van der Waals surface area contributed by atoms with Crippen molar-refractivity contribution >= 4 is 6.08 Å². The molecule has 0 bridgehead atoms. The van der Waals surface area contributed by atoms with E-state index >= 15 is 0 Å². The largest absolute Gasteiger partial charge is 0.488 e. The second-order valence-corrected chi connectivity index (χ2v) is 5.04. The van der Waals surface area contributed by atoms with E-state index < -0.39 is 5.69 Å². The molecule has 1 aromatic carbocycles. The van der Waals surface area contributed by atoms with Gasteiger partial charge in [-0.2, -0.15) is 4.68 Å². The second-order valence-electron chi connectivity index (χ2n) is 5.04. The number of benzene rings is 1. The van der Waals surface area contributed by atoms with Crippen LogP contribution in [0, 0.1) is 6.92 Å². The molecule has 0 radical (unpaired) electrons. The lowest BCUT2D eigenvalue weighted by Gasteiger charge is -2.12. The van der Waals surface area contributed by atoms with Crippen molar-refractivity contribution in [2.24, 2.45) is 7.05 Å². The fourth-order valence-corrected chi connectivity index (χ4v) is 2.17. The summed E-state index contributed by atoms with van der Waals surface area (Å²) in [6, 6.07) is 5.49. The lowest BCUT2D eigenvalue weighted by Crippen LogP contribution is -2.24. The van der Waals surface area contributed by atoms with E-state index in [0.29, 0.717) is 23.0 Å². The zero-order chi connectivity index (χ0) is 18.0. The normalized spacial score (nSPS) is 11.2. The Morgan fingerprint density at radius 2 is 2.21 bits per heavy atom. The lowest BCUT2D eigenvalue weighted by atomic mass is 10.2. The van der Waals surface area contributed by atoms with Crippen LogP contribution in [0.25, 0.3) is 11.9 Å². The van der Waals surface area contributed by atoms with Crippen LogP contribution in [0.15, 0.2) is 41.9 Å². The molecule has 0 saturated carbocycles. The van der Waals surface area contributed by atoms with Crippen molar-refractivity contribution in [1.82, 2.24) is 29.8 Å². The number of tetrazole rings is 1. The number of hydrogen-bond donors (Lipinski definition) is 0. The topological polar surface area (TPSA) is 87.7 Å². The number of para-hydroxylation sites is 1. The summed E-state index contributed by atoms with van der Waals surface area (Å²) in [5.74, 6) is 0.921. The van der Waals surface area contributed by atoms with E-state index in [1.165, 1.54) is 13.4 Å². The van der Waals surface area contributed by atoms with Crippen LogP contribution in [0.5, 0.6) is 5.75 Å². The van der Waals surface area contributed by atoms with Crippen LogP contribution in [0.1, 0.15) is 18.2 Å². The molecule has 8 nitrogen and oxygen atoms in total. The van der Waals surface area contributed by atoms with Crippen molar-refractivity contribution in [3.63, 3.8) is 0 Å². The monoisotopic (exact) mass is 326 g/mol. The molecule has 0 aliphatic carbocycles. The predicted molar refractivity (Wildman–Crippen MR) is 87.8 cm³/mol. The molecular weight excluding hydrogens is 308 g/mol. The van der Waals surface area contributed by atoms with E-state index in [4.69, 9.17) is 6.11 Å². The molecular formula is C16H16N6O2. The van der Waals surface area contributed by atoms with E-state index in [1.807, 2.05) is 6.92 Å². The third-order valence-electron chi connectivity index (χ3n) is 3.46. The predicted octanol–water partition coefficient (Wildman–Crippen LogP) is 1.29. The van der Waals surface area contributed by atoms with E-state index in [0.717, 1.165) is 14.9 Å². The molecule has 24 heavy (non-hydrogen) atoms. The molecule has 0 atom stereocenters. The number of aromatic nitrogens is 6. The van der Waals surface area contributed by atoms with Gasteiger partial charge in [-0.05, 0) is 35.1 Å². The van der Waals surface area contributed by atoms with Crippen molar-refractivity contribution in [2.45, 2.75) is 13.5 Å². The minimum Gasteiger partial charge on any atom is -0.488 e. The van der Waals surface area contributed by atoms with E-state index in [1.54, 1.807) is 24.3 Å². The number of ether oxygens (including phenoxy) is 1. The van der Waals surface area contributed by atoms with E-state index in [-0.39, 0.29) is 12.4 Å². The molecule has 0 N–H and O–H groups in total. The summed E-state index contributed by atoms with van der Waals surface area (Å²) >= 11 is 0. The highest BCUT2D eigenvalue weighted by molar-refractivity contribution is 5.51. The van der Waals surface area contributed by atoms with Gasteiger partial charge < -0.3 is 4.74 Å². The summed E-state index contributed by atoms with van der Waals surface area (Å²) in [4.78, 5) is 20.5. The fraction of sp³-hybridized carbons (Fsp3) is 0.188. The van der Waals surface area contributed by atoms with Crippen molar-refractivity contribution in [3.05, 3.63) is 64.5 Å². The first-order valence-electron chi connectivity index (χ1n) is 7.67. The van der Waals surface area contributed by atoms with Gasteiger partial charge in [0.1, 0.15) is 18.7 Å². The number of aryl methyl sites for hydroxylation is 2. The lowest BCUT2D eigenvalue weighted by molar-refractivity contribution is 0.302. The maximum Gasteiger partial charge on any atom is 0.369 e. The zero-order valence-electron chi connectivity index (χ0n) is 14.3. The molecule has 0 unspecified atom stereocenters. The smallest absolute Gasteiger partial charge is 0.369 e. The van der Waals surface area contributed by atoms with Crippen LogP contribution < -0.4 is 10.4 Å². The Hall–Kier alpha value is -3.29. The number of hydrogen-bond acceptors (Lipinski definition) is 6. The summed E-state index contributed by atoms with van der Waals surface area (Å²) in [7, 11) is 1.50. The Labute approximate surface area is 139 Å². The van der Waals surface area contributed by atoms with Crippen molar-refractivity contribution in [1.29, 1.82) is 0 Å². The maximum absolute atomic E-state index is 12.1. The van der Waals surface area contributed by atoms with Crippen molar-refractivity contribution in [3.8, 4) is 11.6 Å². The molecule has 2 heterocycles. The van der Waals surface area contributed by atoms with Crippen LogP contribution in [0.2, 0.25) is 0 Å². The van der Waals surface area contributed by atoms with E-state index in [2.05, 4.69) is 27.0 Å². The molecule has 3 rings (SSSR count). The molecule has 122 valence electrons. The zero-order valence-corrected chi connectivity index (χ0v) is 13.3. The van der Waals surface area contributed by atoms with Crippen LogP contribution >= 0.6 is 0 Å². The average molecular weight is 326 g/mol. The Balaban J connectivity index is 2.01. The molecule has 8 heteroatoms. The van der Waals surface area contributed by atoms with Crippen molar-refractivity contribution in [2.75, 3.05) is 0 Å². The third-order valence-corrected chi connectivity index (χ3v) is 3.46. The average Bonchev–Trinajstić information content (AvgIpc) is 2.93. The summed E-state index contributed by atoms with van der Waals surface area (Å²) < 4.78 is 15.7. The number of nitrogens with zero attached hydrogens (tertiary/aromatic N) is 6. The molecule has 0 amide bonds.